The fourth-order valence-electron chi connectivity index (χ4n) is 1.27. The first-order chi connectivity index (χ1) is 7.22. The molecule has 3 nitrogen and oxygen atoms in total. The van der Waals surface area contributed by atoms with Gasteiger partial charge in [-0.1, -0.05) is 25.5 Å². The Balaban J connectivity index is 2.34. The molecule has 2 N–H and O–H groups in total. The van der Waals surface area contributed by atoms with E-state index in [2.05, 4.69) is 12.2 Å². The van der Waals surface area contributed by atoms with Gasteiger partial charge in [0, 0.05) is 6.54 Å². The van der Waals surface area contributed by atoms with Crippen molar-refractivity contribution in [1.82, 2.24) is 5.32 Å². The normalized spacial score (nSPS) is 9.93. The lowest BCUT2D eigenvalue weighted by Gasteiger charge is -2.04. The van der Waals surface area contributed by atoms with Gasteiger partial charge in [0.1, 0.15) is 5.75 Å². The molecule has 0 saturated carbocycles. The minimum Gasteiger partial charge on any atom is -0.508 e. The highest BCUT2D eigenvalue weighted by Crippen LogP contribution is 2.09. The summed E-state index contributed by atoms with van der Waals surface area (Å²) in [6, 6.07) is 6.70. The van der Waals surface area contributed by atoms with Gasteiger partial charge < -0.3 is 10.4 Å². The number of rotatable bonds is 5. The Bertz CT molecular complexity index is 306. The van der Waals surface area contributed by atoms with Gasteiger partial charge >= 0.3 is 0 Å². The standard InChI is InChI=1S/C12H17NO2/c1-2-3-8-13-12(15)9-10-4-6-11(14)7-5-10/h4-7,14H,2-3,8-9H2,1H3,(H,13,15). The maximum Gasteiger partial charge on any atom is 0.224 e. The van der Waals surface area contributed by atoms with Crippen molar-refractivity contribution in [2.75, 3.05) is 6.54 Å². The SMILES string of the molecule is CCCCNC(=O)Cc1ccc(O)cc1. The molecule has 0 aromatic heterocycles. The number of carbonyl (C=O) groups is 1. The minimum absolute atomic E-state index is 0.0362. The molecule has 1 rings (SSSR count). The summed E-state index contributed by atoms with van der Waals surface area (Å²) in [5.74, 6) is 0.263. The van der Waals surface area contributed by atoms with Gasteiger partial charge in [0.2, 0.25) is 5.91 Å². The molecule has 3 heteroatoms. The fourth-order valence-corrected chi connectivity index (χ4v) is 1.27. The molecule has 0 unspecified atom stereocenters. The van der Waals surface area contributed by atoms with Gasteiger partial charge in [-0.3, -0.25) is 4.79 Å². The van der Waals surface area contributed by atoms with Crippen LogP contribution < -0.4 is 5.32 Å². The largest absolute Gasteiger partial charge is 0.508 e. The molecular weight excluding hydrogens is 190 g/mol. The van der Waals surface area contributed by atoms with Crippen molar-refractivity contribution in [3.05, 3.63) is 29.8 Å². The van der Waals surface area contributed by atoms with Crippen LogP contribution in [0.1, 0.15) is 25.3 Å². The van der Waals surface area contributed by atoms with Crippen LogP contribution in [0.25, 0.3) is 0 Å². The third-order valence-corrected chi connectivity index (χ3v) is 2.15. The maximum absolute atomic E-state index is 11.4. The first-order valence-corrected chi connectivity index (χ1v) is 5.27. The molecular formula is C12H17NO2. The number of unbranched alkanes of at least 4 members (excludes halogenated alkanes) is 1. The maximum atomic E-state index is 11.4. The van der Waals surface area contributed by atoms with E-state index >= 15 is 0 Å². The van der Waals surface area contributed by atoms with Crippen molar-refractivity contribution >= 4 is 5.91 Å². The molecule has 1 aromatic carbocycles. The van der Waals surface area contributed by atoms with E-state index in [-0.39, 0.29) is 11.7 Å². The average molecular weight is 207 g/mol. The molecule has 15 heavy (non-hydrogen) atoms. The smallest absolute Gasteiger partial charge is 0.224 e. The number of amides is 1. The number of phenols is 1. The topological polar surface area (TPSA) is 49.3 Å². The molecule has 0 saturated heterocycles. The average Bonchev–Trinajstić information content (AvgIpc) is 2.22. The number of hydrogen-bond donors (Lipinski definition) is 2. The van der Waals surface area contributed by atoms with Crippen molar-refractivity contribution in [3.8, 4) is 5.75 Å². The summed E-state index contributed by atoms with van der Waals surface area (Å²) >= 11 is 0. The van der Waals surface area contributed by atoms with E-state index in [0.717, 1.165) is 24.9 Å². The summed E-state index contributed by atoms with van der Waals surface area (Å²) in [7, 11) is 0. The van der Waals surface area contributed by atoms with Crippen LogP contribution in [0.3, 0.4) is 0 Å². The monoisotopic (exact) mass is 207 g/mol. The van der Waals surface area contributed by atoms with Crippen molar-refractivity contribution in [2.45, 2.75) is 26.2 Å². The van der Waals surface area contributed by atoms with Gasteiger partial charge in [-0.2, -0.15) is 0 Å². The van der Waals surface area contributed by atoms with Crippen LogP contribution in [0.4, 0.5) is 0 Å². The van der Waals surface area contributed by atoms with Crippen molar-refractivity contribution in [1.29, 1.82) is 0 Å². The van der Waals surface area contributed by atoms with Crippen molar-refractivity contribution < 1.29 is 9.90 Å². The van der Waals surface area contributed by atoms with E-state index in [1.54, 1.807) is 24.3 Å². The van der Waals surface area contributed by atoms with Crippen LogP contribution >= 0.6 is 0 Å². The van der Waals surface area contributed by atoms with Crippen LogP contribution in [-0.2, 0) is 11.2 Å². The minimum atomic E-state index is 0.0362. The molecule has 0 spiro atoms. The van der Waals surface area contributed by atoms with Crippen molar-refractivity contribution in [2.24, 2.45) is 0 Å². The van der Waals surface area contributed by atoms with Crippen LogP contribution in [-0.4, -0.2) is 17.6 Å². The molecule has 1 amide bonds. The molecule has 0 fully saturated rings. The van der Waals surface area contributed by atoms with Gasteiger partial charge in [0.15, 0.2) is 0 Å². The fraction of sp³-hybridized carbons (Fsp3) is 0.417. The molecule has 0 bridgehead atoms. The second-order valence-electron chi connectivity index (χ2n) is 3.55. The van der Waals surface area contributed by atoms with E-state index < -0.39 is 0 Å². The summed E-state index contributed by atoms with van der Waals surface area (Å²) < 4.78 is 0. The zero-order valence-corrected chi connectivity index (χ0v) is 8.99. The van der Waals surface area contributed by atoms with Gasteiger partial charge in [-0.05, 0) is 24.1 Å². The number of carbonyl (C=O) groups excluding carboxylic acids is 1. The zero-order chi connectivity index (χ0) is 11.1. The van der Waals surface area contributed by atoms with Gasteiger partial charge in [0.05, 0.1) is 6.42 Å². The van der Waals surface area contributed by atoms with E-state index in [9.17, 15) is 4.79 Å². The lowest BCUT2D eigenvalue weighted by molar-refractivity contribution is -0.120. The highest BCUT2D eigenvalue weighted by atomic mass is 16.3. The predicted molar refractivity (Wildman–Crippen MR) is 59.7 cm³/mol. The number of phenolic OH excluding ortho intramolecular Hbond substituents is 1. The van der Waals surface area contributed by atoms with E-state index in [1.165, 1.54) is 0 Å². The summed E-state index contributed by atoms with van der Waals surface area (Å²) in [5.41, 5.74) is 0.918. The predicted octanol–water partition coefficient (Wildman–Crippen LogP) is 1.85. The molecule has 82 valence electrons. The Morgan fingerprint density at radius 1 is 1.33 bits per heavy atom. The molecule has 0 aliphatic rings. The summed E-state index contributed by atoms with van der Waals surface area (Å²) in [6.45, 7) is 2.83. The number of hydrogen-bond acceptors (Lipinski definition) is 2. The molecule has 0 aliphatic carbocycles. The number of benzene rings is 1. The number of nitrogens with one attached hydrogen (secondary N) is 1. The van der Waals surface area contributed by atoms with Crippen LogP contribution in [0.2, 0.25) is 0 Å². The van der Waals surface area contributed by atoms with Crippen molar-refractivity contribution in [3.63, 3.8) is 0 Å². The van der Waals surface area contributed by atoms with E-state index in [4.69, 9.17) is 5.11 Å². The highest BCUT2D eigenvalue weighted by Gasteiger charge is 2.01. The highest BCUT2D eigenvalue weighted by molar-refractivity contribution is 5.78. The van der Waals surface area contributed by atoms with E-state index in [0.29, 0.717) is 6.42 Å². The van der Waals surface area contributed by atoms with Crippen LogP contribution in [0.15, 0.2) is 24.3 Å². The van der Waals surface area contributed by atoms with Gasteiger partial charge in [-0.25, -0.2) is 0 Å². The molecule has 1 aromatic rings. The zero-order valence-electron chi connectivity index (χ0n) is 8.99. The molecule has 0 radical (unpaired) electrons. The second kappa shape index (κ2) is 6.06. The first kappa shape index (κ1) is 11.6. The Hall–Kier alpha value is -1.51. The molecule has 0 atom stereocenters. The third-order valence-electron chi connectivity index (χ3n) is 2.15. The quantitative estimate of drug-likeness (QED) is 0.724. The summed E-state index contributed by atoms with van der Waals surface area (Å²) in [5, 5.41) is 11.9. The van der Waals surface area contributed by atoms with Crippen LogP contribution in [0.5, 0.6) is 5.75 Å². The van der Waals surface area contributed by atoms with Crippen LogP contribution in [0, 0.1) is 0 Å². The third kappa shape index (κ3) is 4.49. The Morgan fingerprint density at radius 3 is 2.60 bits per heavy atom. The molecule has 0 aliphatic heterocycles. The number of aromatic hydroxyl groups is 1. The Kier molecular flexibility index (Phi) is 4.68. The summed E-state index contributed by atoms with van der Waals surface area (Å²) in [6.07, 6.45) is 2.48. The lowest BCUT2D eigenvalue weighted by atomic mass is 10.1. The first-order valence-electron chi connectivity index (χ1n) is 5.27. The second-order valence-corrected chi connectivity index (χ2v) is 3.55. The van der Waals surface area contributed by atoms with Gasteiger partial charge in [0.25, 0.3) is 0 Å². The summed E-state index contributed by atoms with van der Waals surface area (Å²) in [4.78, 5) is 11.4. The molecule has 0 heterocycles. The lowest BCUT2D eigenvalue weighted by Crippen LogP contribution is -2.25. The van der Waals surface area contributed by atoms with Gasteiger partial charge in [-0.15, -0.1) is 0 Å². The Morgan fingerprint density at radius 2 is 2.00 bits per heavy atom. The van der Waals surface area contributed by atoms with E-state index in [1.807, 2.05) is 0 Å². The Labute approximate surface area is 90.1 Å².